The molecule has 0 bridgehead atoms. The fourth-order valence-corrected chi connectivity index (χ4v) is 1.09. The van der Waals surface area contributed by atoms with Gasteiger partial charge in [-0.25, -0.2) is 0 Å². The van der Waals surface area contributed by atoms with Gasteiger partial charge in [0.1, 0.15) is 0 Å². The van der Waals surface area contributed by atoms with Gasteiger partial charge in [-0.2, -0.15) is 0 Å². The highest BCUT2D eigenvalue weighted by Gasteiger charge is 2.26. The summed E-state index contributed by atoms with van der Waals surface area (Å²) in [5.74, 6) is -1.18. The molecular formula is C11H24O6. The number of aliphatic hydroxyl groups is 3. The minimum absolute atomic E-state index is 0.0450. The van der Waals surface area contributed by atoms with Crippen LogP contribution >= 0.6 is 0 Å². The third kappa shape index (κ3) is 9.46. The Kier molecular flexibility index (Phi) is 10.7. The predicted molar refractivity (Wildman–Crippen MR) is 61.4 cm³/mol. The third-order valence-corrected chi connectivity index (χ3v) is 2.00. The first kappa shape index (κ1) is 16.8. The third-order valence-electron chi connectivity index (χ3n) is 2.00. The Morgan fingerprint density at radius 3 is 1.24 bits per heavy atom. The van der Waals surface area contributed by atoms with Gasteiger partial charge in [0.2, 0.25) is 0 Å². The zero-order valence-electron chi connectivity index (χ0n) is 10.4. The number of hydrogen-bond donors (Lipinski definition) is 3. The van der Waals surface area contributed by atoms with Gasteiger partial charge in [0.15, 0.2) is 0 Å². The summed E-state index contributed by atoms with van der Waals surface area (Å²) in [6, 6.07) is 0. The highest BCUT2D eigenvalue weighted by Crippen LogP contribution is 2.15. The minimum atomic E-state index is -1.18. The van der Waals surface area contributed by atoms with Crippen molar-refractivity contribution in [2.45, 2.75) is 32.2 Å². The van der Waals surface area contributed by atoms with Crippen molar-refractivity contribution in [2.24, 2.45) is 0 Å². The van der Waals surface area contributed by atoms with Gasteiger partial charge in [0.25, 0.3) is 5.97 Å². The first-order valence-electron chi connectivity index (χ1n) is 5.93. The van der Waals surface area contributed by atoms with Gasteiger partial charge in [-0.3, -0.25) is 0 Å². The van der Waals surface area contributed by atoms with Crippen LogP contribution in [0.3, 0.4) is 0 Å². The molecular weight excluding hydrogens is 228 g/mol. The summed E-state index contributed by atoms with van der Waals surface area (Å²) in [5, 5.41) is 26.0. The summed E-state index contributed by atoms with van der Waals surface area (Å²) in [6.45, 7) is 2.75. The second-order valence-electron chi connectivity index (χ2n) is 3.64. The first-order chi connectivity index (χ1) is 8.18. The van der Waals surface area contributed by atoms with Crippen LogP contribution in [0, 0.1) is 0 Å². The Morgan fingerprint density at radius 1 is 0.706 bits per heavy atom. The van der Waals surface area contributed by atoms with Crippen molar-refractivity contribution in [3.63, 3.8) is 0 Å². The van der Waals surface area contributed by atoms with E-state index in [0.29, 0.717) is 39.1 Å². The van der Waals surface area contributed by atoms with Crippen molar-refractivity contribution in [1.29, 1.82) is 0 Å². The molecule has 3 N–H and O–H groups in total. The molecule has 0 saturated carbocycles. The van der Waals surface area contributed by atoms with E-state index in [4.69, 9.17) is 29.5 Å². The van der Waals surface area contributed by atoms with Crippen LogP contribution in [0.25, 0.3) is 0 Å². The molecule has 0 aromatic heterocycles. The lowest BCUT2D eigenvalue weighted by atomic mass is 10.4. The molecule has 0 spiro atoms. The lowest BCUT2D eigenvalue weighted by Gasteiger charge is -2.29. The van der Waals surface area contributed by atoms with Crippen molar-refractivity contribution in [2.75, 3.05) is 39.6 Å². The normalized spacial score (nSPS) is 12.0. The highest BCUT2D eigenvalue weighted by molar-refractivity contribution is 4.50. The van der Waals surface area contributed by atoms with Crippen molar-refractivity contribution in [3.05, 3.63) is 0 Å². The molecule has 6 nitrogen and oxygen atoms in total. The Morgan fingerprint density at radius 2 is 1.00 bits per heavy atom. The number of hydrogen-bond acceptors (Lipinski definition) is 6. The SMILES string of the molecule is CC(OCCCO)(OCCCO)OCCCO. The summed E-state index contributed by atoms with van der Waals surface area (Å²) in [6.07, 6.45) is 1.51. The van der Waals surface area contributed by atoms with E-state index >= 15 is 0 Å². The second kappa shape index (κ2) is 10.9. The molecule has 0 aromatic carbocycles. The number of rotatable bonds is 12. The lowest BCUT2D eigenvalue weighted by Crippen LogP contribution is -2.37. The van der Waals surface area contributed by atoms with E-state index in [1.54, 1.807) is 6.92 Å². The molecule has 0 rings (SSSR count). The van der Waals surface area contributed by atoms with Crippen LogP contribution in [-0.2, 0) is 14.2 Å². The van der Waals surface area contributed by atoms with E-state index in [-0.39, 0.29) is 19.8 Å². The van der Waals surface area contributed by atoms with Crippen LogP contribution < -0.4 is 0 Å². The van der Waals surface area contributed by atoms with E-state index in [0.717, 1.165) is 0 Å². The zero-order valence-corrected chi connectivity index (χ0v) is 10.4. The minimum Gasteiger partial charge on any atom is -0.396 e. The van der Waals surface area contributed by atoms with Gasteiger partial charge >= 0.3 is 0 Å². The van der Waals surface area contributed by atoms with Gasteiger partial charge in [0, 0.05) is 26.7 Å². The molecule has 0 aliphatic rings. The number of aliphatic hydroxyl groups excluding tert-OH is 3. The molecule has 0 heterocycles. The Balaban J connectivity index is 3.95. The van der Waals surface area contributed by atoms with Crippen LogP contribution in [0.2, 0.25) is 0 Å². The molecule has 17 heavy (non-hydrogen) atoms. The van der Waals surface area contributed by atoms with E-state index < -0.39 is 5.97 Å². The summed E-state index contributed by atoms with van der Waals surface area (Å²) in [4.78, 5) is 0. The average Bonchev–Trinajstić information content (AvgIpc) is 2.30. The Labute approximate surface area is 102 Å². The van der Waals surface area contributed by atoms with E-state index in [2.05, 4.69) is 0 Å². The van der Waals surface area contributed by atoms with Gasteiger partial charge in [-0.05, 0) is 19.3 Å². The number of ether oxygens (including phenoxy) is 3. The standard InChI is InChI=1S/C11H24O6/c1-11(15-8-2-5-12,16-9-3-6-13)17-10-4-7-14/h12-14H,2-10H2,1H3. The van der Waals surface area contributed by atoms with Crippen molar-refractivity contribution < 1.29 is 29.5 Å². The van der Waals surface area contributed by atoms with Crippen LogP contribution in [-0.4, -0.2) is 60.9 Å². The molecule has 0 saturated heterocycles. The van der Waals surface area contributed by atoms with Gasteiger partial charge in [-0.15, -0.1) is 0 Å². The molecule has 0 aromatic rings. The van der Waals surface area contributed by atoms with Crippen molar-refractivity contribution in [1.82, 2.24) is 0 Å². The molecule has 104 valence electrons. The lowest BCUT2D eigenvalue weighted by molar-refractivity contribution is -0.371. The van der Waals surface area contributed by atoms with Crippen molar-refractivity contribution >= 4 is 0 Å². The summed E-state index contributed by atoms with van der Waals surface area (Å²) < 4.78 is 16.2. The Bertz CT molecular complexity index is 138. The van der Waals surface area contributed by atoms with Crippen LogP contribution in [0.5, 0.6) is 0 Å². The maximum absolute atomic E-state index is 8.66. The predicted octanol–water partition coefficient (Wildman–Crippen LogP) is -0.143. The molecule has 0 unspecified atom stereocenters. The van der Waals surface area contributed by atoms with Gasteiger partial charge < -0.3 is 29.5 Å². The quantitative estimate of drug-likeness (QED) is 0.331. The summed E-state index contributed by atoms with van der Waals surface area (Å²) in [7, 11) is 0. The van der Waals surface area contributed by atoms with E-state index in [1.807, 2.05) is 0 Å². The smallest absolute Gasteiger partial charge is 0.279 e. The summed E-state index contributed by atoms with van der Waals surface area (Å²) in [5.41, 5.74) is 0. The first-order valence-corrected chi connectivity index (χ1v) is 5.93. The van der Waals surface area contributed by atoms with Crippen LogP contribution in [0.15, 0.2) is 0 Å². The molecule has 0 fully saturated rings. The second-order valence-corrected chi connectivity index (χ2v) is 3.64. The Hall–Kier alpha value is -0.240. The van der Waals surface area contributed by atoms with Crippen LogP contribution in [0.4, 0.5) is 0 Å². The fourth-order valence-electron chi connectivity index (χ4n) is 1.09. The molecule has 0 atom stereocenters. The van der Waals surface area contributed by atoms with E-state index in [9.17, 15) is 0 Å². The largest absolute Gasteiger partial charge is 0.396 e. The van der Waals surface area contributed by atoms with E-state index in [1.165, 1.54) is 0 Å². The summed E-state index contributed by atoms with van der Waals surface area (Å²) >= 11 is 0. The molecule has 0 amide bonds. The highest BCUT2D eigenvalue weighted by atomic mass is 16.9. The van der Waals surface area contributed by atoms with Crippen LogP contribution in [0.1, 0.15) is 26.2 Å². The average molecular weight is 252 g/mol. The van der Waals surface area contributed by atoms with Gasteiger partial charge in [0.05, 0.1) is 19.8 Å². The maximum atomic E-state index is 8.66. The molecule has 0 aliphatic carbocycles. The van der Waals surface area contributed by atoms with Crippen molar-refractivity contribution in [3.8, 4) is 0 Å². The topological polar surface area (TPSA) is 88.4 Å². The molecule has 6 heteroatoms. The van der Waals surface area contributed by atoms with Gasteiger partial charge in [-0.1, -0.05) is 0 Å². The molecule has 0 aliphatic heterocycles. The fraction of sp³-hybridized carbons (Fsp3) is 1.00. The maximum Gasteiger partial charge on any atom is 0.279 e. The monoisotopic (exact) mass is 252 g/mol. The zero-order chi connectivity index (χ0) is 13.0. The molecule has 0 radical (unpaired) electrons.